The molecule has 0 aliphatic heterocycles. The van der Waals surface area contributed by atoms with Gasteiger partial charge in [-0.2, -0.15) is 0 Å². The van der Waals surface area contributed by atoms with Gasteiger partial charge in [-0.3, -0.25) is 4.99 Å². The van der Waals surface area contributed by atoms with Crippen LogP contribution in [-0.4, -0.2) is 11.8 Å². The van der Waals surface area contributed by atoms with Gasteiger partial charge in [0.2, 0.25) is 0 Å². The van der Waals surface area contributed by atoms with Crippen LogP contribution in [0.25, 0.3) is 5.03 Å². The fourth-order valence-electron chi connectivity index (χ4n) is 0.899. The zero-order valence-corrected chi connectivity index (χ0v) is 9.06. The van der Waals surface area contributed by atoms with Crippen molar-refractivity contribution in [1.29, 1.82) is 0 Å². The lowest BCUT2D eigenvalue weighted by atomic mass is 10.1. The van der Waals surface area contributed by atoms with Gasteiger partial charge in [-0.25, -0.2) is 0 Å². The van der Waals surface area contributed by atoms with E-state index in [0.29, 0.717) is 20.8 Å². The molecule has 0 atom stereocenters. The van der Waals surface area contributed by atoms with Crippen LogP contribution in [0.2, 0.25) is 0 Å². The second-order valence-corrected chi connectivity index (χ2v) is 3.69. The summed E-state index contributed by atoms with van der Waals surface area (Å²) in [7, 11) is 0. The molecule has 1 N–H and O–H groups in total. The van der Waals surface area contributed by atoms with Gasteiger partial charge in [-0.15, -0.1) is 0 Å². The largest absolute Gasteiger partial charge is 0.507 e. The maximum atomic E-state index is 9.33. The zero-order valence-electron chi connectivity index (χ0n) is 6.72. The van der Waals surface area contributed by atoms with E-state index >= 15 is 0 Å². The maximum absolute atomic E-state index is 9.33. The van der Waals surface area contributed by atoms with Gasteiger partial charge in [-0.1, -0.05) is 18.2 Å². The quantitative estimate of drug-likeness (QED) is 0.808. The van der Waals surface area contributed by atoms with E-state index in [1.54, 1.807) is 6.07 Å². The minimum Gasteiger partial charge on any atom is -0.507 e. The minimum absolute atomic E-state index is 0.101. The van der Waals surface area contributed by atoms with Crippen LogP contribution in [0.4, 0.5) is 5.69 Å². The smallest absolute Gasteiger partial charge is 0.131 e. The number of aromatic hydroxyl groups is 1. The van der Waals surface area contributed by atoms with E-state index in [9.17, 15) is 5.11 Å². The van der Waals surface area contributed by atoms with Crippen LogP contribution in [0.15, 0.2) is 28.2 Å². The molecule has 1 aromatic rings. The number of rotatable bonds is 2. The van der Waals surface area contributed by atoms with Crippen molar-refractivity contribution in [3.63, 3.8) is 0 Å². The Balaban J connectivity index is 3.41. The number of aliphatic imine (C=N–C) groups is 1. The topological polar surface area (TPSA) is 32.6 Å². The second-order valence-electron chi connectivity index (χ2n) is 2.38. The maximum Gasteiger partial charge on any atom is 0.131 e. The van der Waals surface area contributed by atoms with Crippen LogP contribution in [0.3, 0.4) is 0 Å². The molecule has 0 aliphatic rings. The van der Waals surface area contributed by atoms with Crippen molar-refractivity contribution in [3.05, 3.63) is 28.7 Å². The molecule has 1 aromatic carbocycles. The van der Waals surface area contributed by atoms with Gasteiger partial charge in [0.05, 0.1) is 10.2 Å². The molecule has 0 unspecified atom stereocenters. The van der Waals surface area contributed by atoms with E-state index in [-0.39, 0.29) is 5.75 Å². The number of hydrogen-bond donors (Lipinski definition) is 1. The zero-order chi connectivity index (χ0) is 10.0. The Hall–Kier alpha value is -0.800. The Labute approximate surface area is 89.7 Å². The summed E-state index contributed by atoms with van der Waals surface area (Å²) in [5.74, 6) is 0.101. The van der Waals surface area contributed by atoms with Gasteiger partial charge in [0.1, 0.15) is 5.75 Å². The van der Waals surface area contributed by atoms with Crippen LogP contribution < -0.4 is 0 Å². The fourth-order valence-corrected chi connectivity index (χ4v) is 1.39. The highest BCUT2D eigenvalue weighted by molar-refractivity contribution is 9.10. The molecule has 1 rings (SSSR count). The Bertz CT molecular complexity index is 376. The molecule has 4 heteroatoms. The Morgan fingerprint density at radius 2 is 2.15 bits per heavy atom. The van der Waals surface area contributed by atoms with Crippen molar-refractivity contribution in [2.75, 3.05) is 0 Å². The first-order chi connectivity index (χ1) is 6.06. The third-order valence-corrected chi connectivity index (χ3v) is 2.37. The van der Waals surface area contributed by atoms with Crippen molar-refractivity contribution in [1.82, 2.24) is 0 Å². The molecule has 2 nitrogen and oxygen atoms in total. The number of phenols is 1. The average molecular weight is 261 g/mol. The highest BCUT2D eigenvalue weighted by atomic mass is 79.9. The lowest BCUT2D eigenvalue weighted by Crippen LogP contribution is -1.79. The third kappa shape index (κ3) is 2.11. The van der Waals surface area contributed by atoms with Gasteiger partial charge in [-0.05, 0) is 28.7 Å². The highest BCUT2D eigenvalue weighted by Crippen LogP contribution is 2.36. The van der Waals surface area contributed by atoms with Crippen LogP contribution in [0.1, 0.15) is 5.56 Å². The first-order valence-corrected chi connectivity index (χ1v) is 4.57. The van der Waals surface area contributed by atoms with Gasteiger partial charge in [0, 0.05) is 16.7 Å². The van der Waals surface area contributed by atoms with E-state index in [2.05, 4.69) is 34.2 Å². The summed E-state index contributed by atoms with van der Waals surface area (Å²) in [6, 6.07) is 3.12. The second kappa shape index (κ2) is 3.94. The molecule has 0 saturated heterocycles. The van der Waals surface area contributed by atoms with Crippen molar-refractivity contribution in [2.24, 2.45) is 4.99 Å². The average Bonchev–Trinajstić information content (AvgIpc) is 2.08. The molecular weight excluding hydrogens is 253 g/mol. The number of halogens is 2. The first kappa shape index (κ1) is 10.3. The van der Waals surface area contributed by atoms with E-state index in [4.69, 9.17) is 11.6 Å². The van der Waals surface area contributed by atoms with E-state index < -0.39 is 0 Å². The van der Waals surface area contributed by atoms with E-state index in [1.807, 2.05) is 0 Å². The molecule has 0 bridgehead atoms. The minimum atomic E-state index is 0.101. The van der Waals surface area contributed by atoms with Crippen molar-refractivity contribution in [3.8, 4) is 5.75 Å². The lowest BCUT2D eigenvalue weighted by molar-refractivity contribution is 0.472. The summed E-state index contributed by atoms with van der Waals surface area (Å²) in [6.07, 6.45) is 0. The summed E-state index contributed by atoms with van der Waals surface area (Å²) >= 11 is 8.89. The molecule has 0 aliphatic carbocycles. The summed E-state index contributed by atoms with van der Waals surface area (Å²) in [4.78, 5) is 3.72. The van der Waals surface area contributed by atoms with Gasteiger partial charge in [0.15, 0.2) is 0 Å². The summed E-state index contributed by atoms with van der Waals surface area (Å²) in [5.41, 5.74) is 1.17. The molecule has 0 heterocycles. The SMILES string of the molecule is C=Nc1cc(O)c(Br)cc1C(=C)Cl. The molecule has 0 spiro atoms. The van der Waals surface area contributed by atoms with Crippen molar-refractivity contribution in [2.45, 2.75) is 0 Å². The Morgan fingerprint density at radius 1 is 1.54 bits per heavy atom. The van der Waals surface area contributed by atoms with E-state index in [1.165, 1.54) is 6.07 Å². The van der Waals surface area contributed by atoms with Crippen molar-refractivity contribution < 1.29 is 5.11 Å². The molecule has 0 aromatic heterocycles. The number of phenolic OH excluding ortho intramolecular Hbond substituents is 1. The molecule has 0 fully saturated rings. The predicted octanol–water partition coefficient (Wildman–Crippen LogP) is 3.70. The van der Waals surface area contributed by atoms with Crippen LogP contribution in [-0.2, 0) is 0 Å². The predicted molar refractivity (Wildman–Crippen MR) is 59.9 cm³/mol. The van der Waals surface area contributed by atoms with Crippen LogP contribution in [0, 0.1) is 0 Å². The highest BCUT2D eigenvalue weighted by Gasteiger charge is 2.07. The monoisotopic (exact) mass is 259 g/mol. The van der Waals surface area contributed by atoms with Crippen molar-refractivity contribution >= 4 is 45.0 Å². The van der Waals surface area contributed by atoms with Gasteiger partial charge in [0.25, 0.3) is 0 Å². The molecule has 0 saturated carbocycles. The van der Waals surface area contributed by atoms with E-state index in [0.717, 1.165) is 0 Å². The summed E-state index contributed by atoms with van der Waals surface area (Å²) < 4.78 is 0.553. The van der Waals surface area contributed by atoms with Crippen LogP contribution in [0.5, 0.6) is 5.75 Å². The fraction of sp³-hybridized carbons (Fsp3) is 0. The molecular formula is C9H7BrClNO. The lowest BCUT2D eigenvalue weighted by Gasteiger charge is -2.05. The molecule has 68 valence electrons. The first-order valence-electron chi connectivity index (χ1n) is 3.40. The summed E-state index contributed by atoms with van der Waals surface area (Å²) in [5, 5.41) is 9.69. The third-order valence-electron chi connectivity index (χ3n) is 1.53. The normalized spacial score (nSPS) is 9.69. The molecule has 0 amide bonds. The summed E-state index contributed by atoms with van der Waals surface area (Å²) in [6.45, 7) is 6.95. The standard InChI is InChI=1S/C9H7BrClNO/c1-5(11)6-3-7(10)9(13)4-8(6)12-2/h3-4,13H,1-2H2. The van der Waals surface area contributed by atoms with Gasteiger partial charge >= 0.3 is 0 Å². The van der Waals surface area contributed by atoms with Crippen LogP contribution >= 0.6 is 27.5 Å². The Kier molecular flexibility index (Phi) is 3.12. The number of benzene rings is 1. The molecule has 0 radical (unpaired) electrons. The Morgan fingerprint density at radius 3 is 2.62 bits per heavy atom. The number of hydrogen-bond acceptors (Lipinski definition) is 2. The number of nitrogens with zero attached hydrogens (tertiary/aromatic N) is 1. The molecule has 13 heavy (non-hydrogen) atoms. The van der Waals surface area contributed by atoms with Gasteiger partial charge < -0.3 is 5.11 Å².